The molecule has 0 atom stereocenters. The minimum absolute atomic E-state index is 0.0234. The van der Waals surface area contributed by atoms with Crippen LogP contribution in [0.4, 0.5) is 13.2 Å². The van der Waals surface area contributed by atoms with Gasteiger partial charge in [0.2, 0.25) is 5.82 Å². The highest BCUT2D eigenvalue weighted by Crippen LogP contribution is 2.28. The predicted molar refractivity (Wildman–Crippen MR) is 92.9 cm³/mol. The van der Waals surface area contributed by atoms with Crippen molar-refractivity contribution in [3.63, 3.8) is 0 Å². The number of nitrogens with zero attached hydrogens (tertiary/aromatic N) is 4. The van der Waals surface area contributed by atoms with Crippen LogP contribution in [0.25, 0.3) is 0 Å². The first-order chi connectivity index (χ1) is 12.2. The maximum absolute atomic E-state index is 12.9. The van der Waals surface area contributed by atoms with Gasteiger partial charge in [-0.1, -0.05) is 6.07 Å². The van der Waals surface area contributed by atoms with Gasteiger partial charge in [0.15, 0.2) is 16.3 Å². The second-order valence-electron chi connectivity index (χ2n) is 5.82. The van der Waals surface area contributed by atoms with E-state index in [0.29, 0.717) is 24.5 Å². The fourth-order valence-electron chi connectivity index (χ4n) is 2.48. The monoisotopic (exact) mass is 390 g/mol. The molecule has 1 heterocycles. The van der Waals surface area contributed by atoms with Crippen LogP contribution in [0.15, 0.2) is 18.2 Å². The van der Waals surface area contributed by atoms with Crippen molar-refractivity contribution in [1.29, 1.82) is 0 Å². The molecule has 0 saturated carbocycles. The summed E-state index contributed by atoms with van der Waals surface area (Å²) in [5.41, 5.74) is 1.02. The fraction of sp³-hybridized carbons (Fsp3) is 0.500. The largest absolute Gasteiger partial charge is 0.493 e. The van der Waals surface area contributed by atoms with E-state index >= 15 is 0 Å². The van der Waals surface area contributed by atoms with Gasteiger partial charge < -0.3 is 9.47 Å². The SMILES string of the molecule is COc1ccc(CCN(C)Cn2nc(C(F)(F)F)n(C)c2=S)cc1OC. The van der Waals surface area contributed by atoms with Crippen LogP contribution in [0, 0.1) is 4.77 Å². The molecule has 26 heavy (non-hydrogen) atoms. The standard InChI is InChI=1S/C16H21F3N4O2S/c1-21(8-7-11-5-6-12(24-3)13(9-11)25-4)10-23-15(26)22(2)14(20-23)16(17,18)19/h5-6,9H,7-8,10H2,1-4H3. The molecule has 1 aromatic heterocycles. The summed E-state index contributed by atoms with van der Waals surface area (Å²) in [5.74, 6) is 0.272. The highest BCUT2D eigenvalue weighted by Gasteiger charge is 2.37. The lowest BCUT2D eigenvalue weighted by Crippen LogP contribution is -2.25. The first-order valence-corrected chi connectivity index (χ1v) is 8.18. The molecule has 2 rings (SSSR count). The molecular weight excluding hydrogens is 369 g/mol. The minimum Gasteiger partial charge on any atom is -0.493 e. The van der Waals surface area contributed by atoms with Crippen molar-refractivity contribution in [3.05, 3.63) is 34.4 Å². The van der Waals surface area contributed by atoms with E-state index in [1.165, 1.54) is 11.7 Å². The Morgan fingerprint density at radius 1 is 1.19 bits per heavy atom. The van der Waals surface area contributed by atoms with Crippen molar-refractivity contribution < 1.29 is 22.6 Å². The number of rotatable bonds is 7. The van der Waals surface area contributed by atoms with Gasteiger partial charge in [0, 0.05) is 13.6 Å². The molecule has 10 heteroatoms. The summed E-state index contributed by atoms with van der Waals surface area (Å²) < 4.78 is 51.2. The third-order valence-corrected chi connectivity index (χ3v) is 4.38. The summed E-state index contributed by atoms with van der Waals surface area (Å²) in [6, 6.07) is 5.61. The molecular formula is C16H21F3N4O2S. The predicted octanol–water partition coefficient (Wildman–Crippen LogP) is 3.12. The molecule has 0 N–H and O–H groups in total. The van der Waals surface area contributed by atoms with Crippen LogP contribution in [0.3, 0.4) is 0 Å². The zero-order chi connectivity index (χ0) is 19.5. The molecule has 0 aliphatic heterocycles. The average Bonchev–Trinajstić information content (AvgIpc) is 2.88. The lowest BCUT2D eigenvalue weighted by molar-refractivity contribution is -0.147. The highest BCUT2D eigenvalue weighted by molar-refractivity contribution is 7.71. The van der Waals surface area contributed by atoms with Crippen LogP contribution in [-0.4, -0.2) is 47.1 Å². The van der Waals surface area contributed by atoms with Gasteiger partial charge in [-0.2, -0.15) is 13.2 Å². The van der Waals surface area contributed by atoms with Crippen molar-refractivity contribution >= 4 is 12.2 Å². The van der Waals surface area contributed by atoms with Crippen LogP contribution < -0.4 is 9.47 Å². The molecule has 0 aliphatic carbocycles. The summed E-state index contributed by atoms with van der Waals surface area (Å²) in [6.07, 6.45) is -3.85. The Morgan fingerprint density at radius 2 is 1.85 bits per heavy atom. The average molecular weight is 390 g/mol. The minimum atomic E-state index is -4.54. The quantitative estimate of drug-likeness (QED) is 0.680. The molecule has 0 spiro atoms. The van der Waals surface area contributed by atoms with E-state index in [4.69, 9.17) is 21.7 Å². The Morgan fingerprint density at radius 3 is 2.38 bits per heavy atom. The Bertz CT molecular complexity index is 817. The van der Waals surface area contributed by atoms with Crippen LogP contribution in [-0.2, 0) is 26.3 Å². The topological polar surface area (TPSA) is 44.5 Å². The zero-order valence-corrected chi connectivity index (χ0v) is 15.8. The number of methoxy groups -OCH3 is 2. The number of hydrogen-bond donors (Lipinski definition) is 0. The van der Waals surface area contributed by atoms with Gasteiger partial charge in [-0.3, -0.25) is 9.47 Å². The molecule has 0 aliphatic rings. The second kappa shape index (κ2) is 8.09. The van der Waals surface area contributed by atoms with Crippen LogP contribution >= 0.6 is 12.2 Å². The van der Waals surface area contributed by atoms with Crippen molar-refractivity contribution in [2.75, 3.05) is 27.8 Å². The highest BCUT2D eigenvalue weighted by atomic mass is 32.1. The van der Waals surface area contributed by atoms with Gasteiger partial charge in [0.05, 0.1) is 20.9 Å². The Hall–Kier alpha value is -2.07. The Labute approximate surface area is 154 Å². The van der Waals surface area contributed by atoms with Gasteiger partial charge in [-0.15, -0.1) is 5.10 Å². The van der Waals surface area contributed by atoms with Crippen molar-refractivity contribution in [1.82, 2.24) is 19.2 Å². The summed E-state index contributed by atoms with van der Waals surface area (Å²) >= 11 is 5.05. The normalized spacial score (nSPS) is 11.8. The van der Waals surface area contributed by atoms with E-state index in [0.717, 1.165) is 10.1 Å². The summed E-state index contributed by atoms with van der Waals surface area (Å²) in [6.45, 7) is 0.769. The van der Waals surface area contributed by atoms with Crippen molar-refractivity contribution in [2.24, 2.45) is 7.05 Å². The van der Waals surface area contributed by atoms with E-state index in [1.54, 1.807) is 21.3 Å². The van der Waals surface area contributed by atoms with E-state index in [1.807, 2.05) is 23.1 Å². The maximum Gasteiger partial charge on any atom is 0.451 e. The number of hydrogen-bond acceptors (Lipinski definition) is 5. The van der Waals surface area contributed by atoms with Gasteiger partial charge in [0.25, 0.3) is 0 Å². The van der Waals surface area contributed by atoms with Crippen LogP contribution in [0.2, 0.25) is 0 Å². The van der Waals surface area contributed by atoms with Crippen LogP contribution in [0.5, 0.6) is 11.5 Å². The lowest BCUT2D eigenvalue weighted by Gasteiger charge is -2.17. The third kappa shape index (κ3) is 4.55. The molecule has 6 nitrogen and oxygen atoms in total. The van der Waals surface area contributed by atoms with Gasteiger partial charge in [-0.25, -0.2) is 4.68 Å². The van der Waals surface area contributed by atoms with Gasteiger partial charge in [0.1, 0.15) is 0 Å². The number of alkyl halides is 3. The lowest BCUT2D eigenvalue weighted by atomic mass is 10.1. The van der Waals surface area contributed by atoms with E-state index in [-0.39, 0.29) is 11.4 Å². The van der Waals surface area contributed by atoms with Gasteiger partial charge in [-0.05, 0) is 43.4 Å². The fourth-order valence-corrected chi connectivity index (χ4v) is 2.67. The zero-order valence-electron chi connectivity index (χ0n) is 15.0. The molecule has 0 saturated heterocycles. The molecule has 0 unspecified atom stereocenters. The Balaban J connectivity index is 2.04. The van der Waals surface area contributed by atoms with Crippen molar-refractivity contribution in [2.45, 2.75) is 19.3 Å². The molecule has 0 radical (unpaired) electrons. The molecule has 0 amide bonds. The Kier molecular flexibility index (Phi) is 6.30. The second-order valence-corrected chi connectivity index (χ2v) is 6.19. The smallest absolute Gasteiger partial charge is 0.451 e. The van der Waals surface area contributed by atoms with Gasteiger partial charge >= 0.3 is 6.18 Å². The first kappa shape index (κ1) is 20.2. The van der Waals surface area contributed by atoms with Crippen molar-refractivity contribution in [3.8, 4) is 11.5 Å². The number of ether oxygens (including phenoxy) is 2. The molecule has 1 aromatic carbocycles. The summed E-state index contributed by atoms with van der Waals surface area (Å²) in [4.78, 5) is 1.85. The molecule has 0 fully saturated rings. The van der Waals surface area contributed by atoms with Crippen LogP contribution in [0.1, 0.15) is 11.4 Å². The van der Waals surface area contributed by atoms with E-state index in [2.05, 4.69) is 5.10 Å². The number of benzene rings is 1. The maximum atomic E-state index is 12.9. The summed E-state index contributed by atoms with van der Waals surface area (Å²) in [5, 5.41) is 3.60. The third-order valence-electron chi connectivity index (χ3n) is 3.90. The van der Waals surface area contributed by atoms with E-state index < -0.39 is 12.0 Å². The number of aromatic nitrogens is 3. The molecule has 0 bridgehead atoms. The number of likely N-dealkylation sites (N-methyl/N-ethyl adjacent to an activating group) is 1. The number of halogens is 3. The van der Waals surface area contributed by atoms with E-state index in [9.17, 15) is 13.2 Å². The molecule has 2 aromatic rings. The first-order valence-electron chi connectivity index (χ1n) is 7.77. The molecule has 144 valence electrons. The summed E-state index contributed by atoms with van der Waals surface area (Å²) in [7, 11) is 6.19.